The third-order valence-corrected chi connectivity index (χ3v) is 3.20. The van der Waals surface area contributed by atoms with Crippen LogP contribution >= 0.6 is 0 Å². The molecule has 0 saturated heterocycles. The van der Waals surface area contributed by atoms with Gasteiger partial charge in [-0.3, -0.25) is 4.79 Å². The molecule has 4 nitrogen and oxygen atoms in total. The number of fused-ring (bicyclic) bond motifs is 1. The molecule has 0 aliphatic rings. The summed E-state index contributed by atoms with van der Waals surface area (Å²) in [5.74, 6) is 0. The zero-order valence-corrected chi connectivity index (χ0v) is 11.4. The lowest BCUT2D eigenvalue weighted by atomic mass is 10.2. The molecule has 0 atom stereocenters. The van der Waals surface area contributed by atoms with Crippen LogP contribution in [0.2, 0.25) is 0 Å². The first-order valence-electron chi connectivity index (χ1n) is 7.03. The molecule has 0 aromatic carbocycles. The van der Waals surface area contributed by atoms with Crippen LogP contribution in [0, 0.1) is 0 Å². The van der Waals surface area contributed by atoms with Gasteiger partial charge in [-0.1, -0.05) is 32.6 Å². The van der Waals surface area contributed by atoms with Crippen molar-refractivity contribution in [2.24, 2.45) is 0 Å². The van der Waals surface area contributed by atoms with Gasteiger partial charge in [0.05, 0.1) is 0 Å². The fraction of sp³-hybridized carbons (Fsp3) is 0.467. The van der Waals surface area contributed by atoms with Crippen LogP contribution in [-0.4, -0.2) is 16.2 Å². The second kappa shape index (κ2) is 6.92. The molecule has 2 heterocycles. The van der Waals surface area contributed by atoms with Crippen molar-refractivity contribution in [3.05, 3.63) is 40.8 Å². The van der Waals surface area contributed by atoms with Crippen LogP contribution in [0.1, 0.15) is 39.0 Å². The molecular formula is C15H21N3O. The standard InChI is InChI=1S/C15H21N3O/c1-2-3-4-5-6-12-17-18-14(19)10-9-13-8-7-11-16-15(13)18/h7-11,17H,2-6,12H2,1H3. The molecule has 0 spiro atoms. The summed E-state index contributed by atoms with van der Waals surface area (Å²) < 4.78 is 1.55. The Morgan fingerprint density at radius 2 is 2.00 bits per heavy atom. The molecule has 2 rings (SSSR count). The number of aromatic nitrogens is 2. The zero-order valence-electron chi connectivity index (χ0n) is 11.4. The van der Waals surface area contributed by atoms with E-state index in [0.717, 1.165) is 18.4 Å². The molecular weight excluding hydrogens is 238 g/mol. The first-order valence-corrected chi connectivity index (χ1v) is 7.03. The average molecular weight is 259 g/mol. The minimum absolute atomic E-state index is 0.0558. The SMILES string of the molecule is CCCCCCCNn1c(=O)ccc2cccnc21. The fourth-order valence-electron chi connectivity index (χ4n) is 2.14. The zero-order chi connectivity index (χ0) is 13.5. The van der Waals surface area contributed by atoms with Gasteiger partial charge in [-0.05, 0) is 24.6 Å². The molecule has 0 saturated carbocycles. The van der Waals surface area contributed by atoms with Crippen molar-refractivity contribution in [1.82, 2.24) is 9.66 Å². The quantitative estimate of drug-likeness (QED) is 0.778. The summed E-state index contributed by atoms with van der Waals surface area (Å²) in [6.07, 6.45) is 7.79. The lowest BCUT2D eigenvalue weighted by Crippen LogP contribution is -2.29. The van der Waals surface area contributed by atoms with E-state index < -0.39 is 0 Å². The maximum atomic E-state index is 11.9. The normalized spacial score (nSPS) is 10.8. The van der Waals surface area contributed by atoms with Crippen LogP contribution in [0.5, 0.6) is 0 Å². The van der Waals surface area contributed by atoms with E-state index in [4.69, 9.17) is 0 Å². The Morgan fingerprint density at radius 1 is 1.16 bits per heavy atom. The first-order chi connectivity index (χ1) is 9.33. The fourth-order valence-corrected chi connectivity index (χ4v) is 2.14. The molecule has 0 bridgehead atoms. The molecule has 4 heteroatoms. The minimum Gasteiger partial charge on any atom is -0.321 e. The van der Waals surface area contributed by atoms with Gasteiger partial charge in [-0.2, -0.15) is 0 Å². The van der Waals surface area contributed by atoms with Crippen LogP contribution < -0.4 is 11.0 Å². The topological polar surface area (TPSA) is 46.9 Å². The van der Waals surface area contributed by atoms with Gasteiger partial charge < -0.3 is 5.43 Å². The highest BCUT2D eigenvalue weighted by Crippen LogP contribution is 2.06. The second-order valence-corrected chi connectivity index (χ2v) is 4.75. The van der Waals surface area contributed by atoms with Gasteiger partial charge >= 0.3 is 0 Å². The van der Waals surface area contributed by atoms with Crippen LogP contribution in [0.4, 0.5) is 0 Å². The second-order valence-electron chi connectivity index (χ2n) is 4.75. The Bertz CT molecular complexity index is 577. The Balaban J connectivity index is 2.00. The highest BCUT2D eigenvalue weighted by atomic mass is 16.1. The van der Waals surface area contributed by atoms with Gasteiger partial charge in [0.2, 0.25) is 0 Å². The highest BCUT2D eigenvalue weighted by molar-refractivity contribution is 5.74. The Morgan fingerprint density at radius 3 is 2.84 bits per heavy atom. The van der Waals surface area contributed by atoms with E-state index in [0.29, 0.717) is 5.65 Å². The molecule has 0 fully saturated rings. The van der Waals surface area contributed by atoms with Crippen molar-refractivity contribution in [1.29, 1.82) is 0 Å². The van der Waals surface area contributed by atoms with Crippen LogP contribution in [-0.2, 0) is 0 Å². The molecule has 102 valence electrons. The van der Waals surface area contributed by atoms with E-state index >= 15 is 0 Å². The van der Waals surface area contributed by atoms with Crippen molar-refractivity contribution in [2.45, 2.75) is 39.0 Å². The maximum Gasteiger partial charge on any atom is 0.270 e. The van der Waals surface area contributed by atoms with Gasteiger partial charge in [-0.25, -0.2) is 9.66 Å². The van der Waals surface area contributed by atoms with E-state index in [2.05, 4.69) is 17.3 Å². The summed E-state index contributed by atoms with van der Waals surface area (Å²) in [6.45, 7) is 3.01. The lowest BCUT2D eigenvalue weighted by Gasteiger charge is -2.11. The van der Waals surface area contributed by atoms with E-state index in [9.17, 15) is 4.79 Å². The lowest BCUT2D eigenvalue weighted by molar-refractivity contribution is 0.630. The minimum atomic E-state index is -0.0558. The van der Waals surface area contributed by atoms with Gasteiger partial charge in [0.15, 0.2) is 5.65 Å². The predicted octanol–water partition coefficient (Wildman–Crippen LogP) is 2.91. The number of nitrogens with one attached hydrogen (secondary N) is 1. The van der Waals surface area contributed by atoms with Crippen LogP contribution in [0.15, 0.2) is 35.3 Å². The van der Waals surface area contributed by atoms with Gasteiger partial charge in [0.1, 0.15) is 0 Å². The molecule has 2 aromatic rings. The van der Waals surface area contributed by atoms with Crippen LogP contribution in [0.3, 0.4) is 0 Å². The van der Waals surface area contributed by atoms with E-state index in [1.54, 1.807) is 16.9 Å². The summed E-state index contributed by atoms with van der Waals surface area (Å²) in [6, 6.07) is 7.22. The van der Waals surface area contributed by atoms with E-state index in [1.165, 1.54) is 25.7 Å². The predicted molar refractivity (Wildman–Crippen MR) is 79.0 cm³/mol. The Kier molecular flexibility index (Phi) is 4.95. The van der Waals surface area contributed by atoms with Crippen LogP contribution in [0.25, 0.3) is 11.0 Å². The number of hydrogen-bond acceptors (Lipinski definition) is 3. The van der Waals surface area contributed by atoms with Crippen molar-refractivity contribution >= 4 is 11.0 Å². The summed E-state index contributed by atoms with van der Waals surface area (Å²) >= 11 is 0. The van der Waals surface area contributed by atoms with Crippen molar-refractivity contribution in [3.63, 3.8) is 0 Å². The smallest absolute Gasteiger partial charge is 0.270 e. The highest BCUT2D eigenvalue weighted by Gasteiger charge is 2.02. The number of unbranched alkanes of at least 4 members (excludes halogenated alkanes) is 4. The summed E-state index contributed by atoms with van der Waals surface area (Å²) in [4.78, 5) is 16.1. The largest absolute Gasteiger partial charge is 0.321 e. The summed E-state index contributed by atoms with van der Waals surface area (Å²) in [5.41, 5.74) is 3.82. The molecule has 2 aromatic heterocycles. The molecule has 0 aliphatic heterocycles. The first kappa shape index (κ1) is 13.6. The van der Waals surface area contributed by atoms with Gasteiger partial charge in [-0.15, -0.1) is 0 Å². The Hall–Kier alpha value is -1.84. The number of hydrogen-bond donors (Lipinski definition) is 1. The average Bonchev–Trinajstić information content (AvgIpc) is 2.44. The van der Waals surface area contributed by atoms with Gasteiger partial charge in [0, 0.05) is 24.2 Å². The van der Waals surface area contributed by atoms with Gasteiger partial charge in [0.25, 0.3) is 5.56 Å². The van der Waals surface area contributed by atoms with Crippen molar-refractivity contribution in [2.75, 3.05) is 12.0 Å². The van der Waals surface area contributed by atoms with Crippen molar-refractivity contribution < 1.29 is 0 Å². The molecule has 1 N–H and O–H groups in total. The third-order valence-electron chi connectivity index (χ3n) is 3.20. The van der Waals surface area contributed by atoms with Crippen molar-refractivity contribution in [3.8, 4) is 0 Å². The number of pyridine rings is 2. The molecule has 0 aliphatic carbocycles. The molecule has 0 radical (unpaired) electrons. The summed E-state index contributed by atoms with van der Waals surface area (Å²) in [5, 5.41) is 0.973. The number of rotatable bonds is 7. The molecule has 19 heavy (non-hydrogen) atoms. The molecule has 0 amide bonds. The van der Waals surface area contributed by atoms with E-state index in [1.807, 2.05) is 18.2 Å². The maximum absolute atomic E-state index is 11.9. The molecule has 0 unspecified atom stereocenters. The monoisotopic (exact) mass is 259 g/mol. The Labute approximate surface area is 113 Å². The number of nitrogens with zero attached hydrogens (tertiary/aromatic N) is 2. The third kappa shape index (κ3) is 3.56. The van der Waals surface area contributed by atoms with E-state index in [-0.39, 0.29) is 5.56 Å². The summed E-state index contributed by atoms with van der Waals surface area (Å²) in [7, 11) is 0.